The van der Waals surface area contributed by atoms with Crippen molar-refractivity contribution in [3.05, 3.63) is 0 Å². The number of carboxylic acids is 1. The van der Waals surface area contributed by atoms with Gasteiger partial charge in [0.15, 0.2) is 11.9 Å². The first-order valence-corrected chi connectivity index (χ1v) is 11.6. The van der Waals surface area contributed by atoms with Crippen molar-refractivity contribution in [2.45, 2.75) is 63.1 Å². The van der Waals surface area contributed by atoms with Gasteiger partial charge in [-0.3, -0.25) is 24.4 Å². The highest BCUT2D eigenvalue weighted by Gasteiger charge is 2.26. The van der Waals surface area contributed by atoms with E-state index in [-0.39, 0.29) is 37.9 Å². The summed E-state index contributed by atoms with van der Waals surface area (Å²) >= 11 is 0. The normalized spacial score (nSPS) is 12.9. The standard InChI is InChI=1S/C20H41N11O5/c21-8-2-1-5-12(22)16(33)29-11-15(32)30-13(6-3-9-27-19(23)24)17(34)31-14(18(35)36)7-4-10-28-20(25)26/h12-14H,1-11,21-22H2,(H,29,33)(H,30,32)(H,31,34)(H,35,36)(H4,23,24,27)(H4,25,26,28). The van der Waals surface area contributed by atoms with Gasteiger partial charge in [-0.25, -0.2) is 4.79 Å². The number of carbonyl (C=O) groups is 4. The lowest BCUT2D eigenvalue weighted by Crippen LogP contribution is -2.53. The maximum atomic E-state index is 12.8. The van der Waals surface area contributed by atoms with Crippen LogP contribution in [0.5, 0.6) is 0 Å². The Labute approximate surface area is 210 Å². The number of nitrogens with zero attached hydrogens (tertiary/aromatic N) is 2. The average Bonchev–Trinajstić information content (AvgIpc) is 2.80. The minimum Gasteiger partial charge on any atom is -0.480 e. The van der Waals surface area contributed by atoms with Gasteiger partial charge in [0.05, 0.1) is 12.6 Å². The molecule has 0 aliphatic heterocycles. The summed E-state index contributed by atoms with van der Waals surface area (Å²) < 4.78 is 0. The molecule has 16 nitrogen and oxygen atoms in total. The third kappa shape index (κ3) is 16.0. The SMILES string of the molecule is NCCCCC(N)C(=O)NCC(=O)NC(CCCN=C(N)N)C(=O)NC(CCCN=C(N)N)C(=O)O. The molecule has 0 radical (unpaired) electrons. The number of carboxylic acid groups (broad SMARTS) is 1. The zero-order chi connectivity index (χ0) is 27.5. The maximum absolute atomic E-state index is 12.8. The van der Waals surface area contributed by atoms with E-state index in [9.17, 15) is 24.3 Å². The maximum Gasteiger partial charge on any atom is 0.326 e. The molecule has 0 fully saturated rings. The first kappa shape index (κ1) is 32.3. The predicted molar refractivity (Wildman–Crippen MR) is 135 cm³/mol. The van der Waals surface area contributed by atoms with Crippen molar-refractivity contribution in [3.8, 4) is 0 Å². The molecule has 0 aromatic carbocycles. The van der Waals surface area contributed by atoms with Crippen molar-refractivity contribution in [3.63, 3.8) is 0 Å². The van der Waals surface area contributed by atoms with Crippen LogP contribution in [0.2, 0.25) is 0 Å². The lowest BCUT2D eigenvalue weighted by molar-refractivity contribution is -0.142. The topological polar surface area (TPSA) is 305 Å². The largest absolute Gasteiger partial charge is 0.480 e. The summed E-state index contributed by atoms with van der Waals surface area (Å²) in [6.07, 6.45) is 2.60. The van der Waals surface area contributed by atoms with E-state index in [1.807, 2.05) is 0 Å². The number of nitrogens with two attached hydrogens (primary N) is 6. The molecule has 0 saturated carbocycles. The van der Waals surface area contributed by atoms with Crippen LogP contribution < -0.4 is 50.4 Å². The fraction of sp³-hybridized carbons (Fsp3) is 0.700. The zero-order valence-corrected chi connectivity index (χ0v) is 20.4. The number of amides is 3. The second kappa shape index (κ2) is 18.6. The van der Waals surface area contributed by atoms with E-state index >= 15 is 0 Å². The first-order chi connectivity index (χ1) is 17.0. The van der Waals surface area contributed by atoms with Crippen molar-refractivity contribution < 1.29 is 24.3 Å². The van der Waals surface area contributed by atoms with Crippen LogP contribution in [0.4, 0.5) is 0 Å². The Hall–Kier alpha value is -3.66. The second-order valence-electron chi connectivity index (χ2n) is 8.03. The summed E-state index contributed by atoms with van der Waals surface area (Å²) in [6.45, 7) is 0.455. The van der Waals surface area contributed by atoms with E-state index in [0.717, 1.165) is 6.42 Å². The van der Waals surface area contributed by atoms with Gasteiger partial charge in [-0.05, 0) is 45.1 Å². The lowest BCUT2D eigenvalue weighted by atomic mass is 10.1. The molecule has 0 rings (SSSR count). The Kier molecular flexibility index (Phi) is 16.7. The van der Waals surface area contributed by atoms with Gasteiger partial charge < -0.3 is 55.5 Å². The Morgan fingerprint density at radius 3 is 1.81 bits per heavy atom. The van der Waals surface area contributed by atoms with Crippen LogP contribution in [-0.2, 0) is 19.2 Å². The number of hydrogen-bond acceptors (Lipinski definition) is 8. The first-order valence-electron chi connectivity index (χ1n) is 11.6. The average molecular weight is 516 g/mol. The van der Waals surface area contributed by atoms with E-state index in [1.54, 1.807) is 0 Å². The van der Waals surface area contributed by atoms with Gasteiger partial charge in [0.2, 0.25) is 17.7 Å². The summed E-state index contributed by atoms with van der Waals surface area (Å²) in [6, 6.07) is -3.12. The van der Waals surface area contributed by atoms with Crippen LogP contribution in [0, 0.1) is 0 Å². The van der Waals surface area contributed by atoms with Crippen LogP contribution in [0.1, 0.15) is 44.9 Å². The number of guanidine groups is 2. The number of carbonyl (C=O) groups excluding carboxylic acids is 3. The molecule has 0 aromatic heterocycles. The van der Waals surface area contributed by atoms with Crippen LogP contribution in [0.15, 0.2) is 9.98 Å². The van der Waals surface area contributed by atoms with E-state index in [0.29, 0.717) is 32.2 Å². The van der Waals surface area contributed by atoms with E-state index < -0.39 is 48.4 Å². The number of rotatable bonds is 19. The van der Waals surface area contributed by atoms with E-state index in [1.165, 1.54) is 0 Å². The number of unbranched alkanes of at least 4 members (excludes halogenated alkanes) is 1. The number of nitrogens with one attached hydrogen (secondary N) is 3. The number of aliphatic imine (C=N–C) groups is 2. The molecule has 0 bridgehead atoms. The van der Waals surface area contributed by atoms with Crippen molar-refractivity contribution in [1.29, 1.82) is 0 Å². The Morgan fingerprint density at radius 1 is 0.750 bits per heavy atom. The van der Waals surface area contributed by atoms with Crippen LogP contribution in [-0.4, -0.2) is 85.0 Å². The van der Waals surface area contributed by atoms with E-state index in [4.69, 9.17) is 34.4 Å². The monoisotopic (exact) mass is 515 g/mol. The smallest absolute Gasteiger partial charge is 0.326 e. The van der Waals surface area contributed by atoms with Crippen LogP contribution >= 0.6 is 0 Å². The van der Waals surface area contributed by atoms with Crippen molar-refractivity contribution in [1.82, 2.24) is 16.0 Å². The molecule has 0 saturated heterocycles. The number of aliphatic carboxylic acids is 1. The van der Waals surface area contributed by atoms with Gasteiger partial charge >= 0.3 is 5.97 Å². The highest BCUT2D eigenvalue weighted by atomic mass is 16.4. The van der Waals surface area contributed by atoms with Crippen LogP contribution in [0.25, 0.3) is 0 Å². The van der Waals surface area contributed by atoms with E-state index in [2.05, 4.69) is 25.9 Å². The molecule has 3 atom stereocenters. The van der Waals surface area contributed by atoms with Gasteiger partial charge in [0, 0.05) is 13.1 Å². The summed E-state index contributed by atoms with van der Waals surface area (Å²) in [7, 11) is 0. The highest BCUT2D eigenvalue weighted by molar-refractivity contribution is 5.92. The predicted octanol–water partition coefficient (Wildman–Crippen LogP) is -4.28. The fourth-order valence-corrected chi connectivity index (χ4v) is 2.99. The summed E-state index contributed by atoms with van der Waals surface area (Å²) in [5, 5.41) is 16.8. The van der Waals surface area contributed by atoms with Crippen LogP contribution in [0.3, 0.4) is 0 Å². The quantitative estimate of drug-likeness (QED) is 0.0445. The molecule has 0 aromatic rings. The molecule has 16 N–H and O–H groups in total. The molecule has 3 unspecified atom stereocenters. The number of hydrogen-bond donors (Lipinski definition) is 10. The fourth-order valence-electron chi connectivity index (χ4n) is 2.99. The van der Waals surface area contributed by atoms with Crippen molar-refractivity contribution >= 4 is 35.6 Å². The van der Waals surface area contributed by atoms with Gasteiger partial charge in [0.1, 0.15) is 12.1 Å². The molecule has 0 aliphatic rings. The Morgan fingerprint density at radius 2 is 1.31 bits per heavy atom. The molecule has 3 amide bonds. The minimum atomic E-state index is -1.26. The summed E-state index contributed by atoms with van der Waals surface area (Å²) in [4.78, 5) is 56.4. The molecule has 36 heavy (non-hydrogen) atoms. The summed E-state index contributed by atoms with van der Waals surface area (Å²) in [5.41, 5.74) is 32.3. The molecule has 206 valence electrons. The molecule has 16 heteroatoms. The third-order valence-electron chi connectivity index (χ3n) is 4.89. The van der Waals surface area contributed by atoms with Gasteiger partial charge in [-0.1, -0.05) is 6.42 Å². The highest BCUT2D eigenvalue weighted by Crippen LogP contribution is 2.04. The van der Waals surface area contributed by atoms with Gasteiger partial charge in [-0.15, -0.1) is 0 Å². The Balaban J connectivity index is 5.04. The zero-order valence-electron chi connectivity index (χ0n) is 20.4. The van der Waals surface area contributed by atoms with Gasteiger partial charge in [0.25, 0.3) is 0 Å². The molecular formula is C20H41N11O5. The lowest BCUT2D eigenvalue weighted by Gasteiger charge is -2.21. The summed E-state index contributed by atoms with van der Waals surface area (Å²) in [5.74, 6) is -3.39. The minimum absolute atomic E-state index is 0.0601. The molecule has 0 spiro atoms. The molecule has 0 heterocycles. The van der Waals surface area contributed by atoms with Crippen molar-refractivity contribution in [2.24, 2.45) is 44.4 Å². The Bertz CT molecular complexity index is 767. The molecule has 0 aliphatic carbocycles. The second-order valence-corrected chi connectivity index (χ2v) is 8.03. The van der Waals surface area contributed by atoms with Crippen molar-refractivity contribution in [2.75, 3.05) is 26.2 Å². The van der Waals surface area contributed by atoms with Gasteiger partial charge in [-0.2, -0.15) is 0 Å². The third-order valence-corrected chi connectivity index (χ3v) is 4.89. The molecular weight excluding hydrogens is 474 g/mol.